The van der Waals surface area contributed by atoms with Gasteiger partial charge in [0.2, 0.25) is 0 Å². The molecule has 0 atom stereocenters. The van der Waals surface area contributed by atoms with Crippen molar-refractivity contribution in [1.29, 1.82) is 0 Å². The lowest BCUT2D eigenvalue weighted by atomic mass is 10.0. The zero-order chi connectivity index (χ0) is 25.8. The maximum absolute atomic E-state index is 13.1. The number of pyridine rings is 2. The van der Waals surface area contributed by atoms with Crippen molar-refractivity contribution in [2.75, 3.05) is 5.75 Å². The number of fused-ring (bicyclic) bond motifs is 1. The molecule has 0 unspecified atom stereocenters. The number of rotatable bonds is 4. The standard InChI is InChI=1S/C21H14F6N4O3S/c1-2-35(33,34)16-9-13(12-4-3-5-14(8-12)20(22,23)24)10-28-18(16)31-19(32)30-11-15(21(25,26)27)6-7-17(30)29-31/h3-11H,2H2,1H3. The molecule has 0 saturated carbocycles. The van der Waals surface area contributed by atoms with Crippen LogP contribution in [0.4, 0.5) is 26.3 Å². The Morgan fingerprint density at radius 1 is 0.914 bits per heavy atom. The minimum absolute atomic E-state index is 0.0167. The summed E-state index contributed by atoms with van der Waals surface area (Å²) in [5, 5.41) is 3.89. The Morgan fingerprint density at radius 3 is 2.23 bits per heavy atom. The predicted molar refractivity (Wildman–Crippen MR) is 112 cm³/mol. The zero-order valence-electron chi connectivity index (χ0n) is 17.6. The third-order valence-corrected chi connectivity index (χ3v) is 6.85. The van der Waals surface area contributed by atoms with Crippen LogP contribution >= 0.6 is 0 Å². The summed E-state index contributed by atoms with van der Waals surface area (Å²) >= 11 is 0. The number of alkyl halides is 6. The van der Waals surface area contributed by atoms with Crippen molar-refractivity contribution in [3.05, 3.63) is 76.5 Å². The molecule has 0 aliphatic carbocycles. The van der Waals surface area contributed by atoms with Crippen LogP contribution in [0.5, 0.6) is 0 Å². The molecule has 35 heavy (non-hydrogen) atoms. The monoisotopic (exact) mass is 516 g/mol. The van der Waals surface area contributed by atoms with E-state index in [2.05, 4.69) is 10.1 Å². The van der Waals surface area contributed by atoms with Crippen molar-refractivity contribution in [3.8, 4) is 16.9 Å². The first-order valence-electron chi connectivity index (χ1n) is 9.82. The summed E-state index contributed by atoms with van der Waals surface area (Å²) in [5.41, 5.74) is -3.37. The number of hydrogen-bond acceptors (Lipinski definition) is 5. The lowest BCUT2D eigenvalue weighted by molar-refractivity contribution is -0.138. The molecule has 7 nitrogen and oxygen atoms in total. The Bertz CT molecular complexity index is 1600. The second-order valence-corrected chi connectivity index (χ2v) is 9.61. The smallest absolute Gasteiger partial charge is 0.249 e. The fourth-order valence-electron chi connectivity index (χ4n) is 3.29. The first kappa shape index (κ1) is 24.4. The van der Waals surface area contributed by atoms with Crippen LogP contribution in [0.15, 0.2) is 64.5 Å². The molecule has 3 aromatic heterocycles. The van der Waals surface area contributed by atoms with E-state index in [0.29, 0.717) is 21.3 Å². The van der Waals surface area contributed by atoms with Crippen LogP contribution in [-0.4, -0.2) is 33.3 Å². The Kier molecular flexibility index (Phi) is 5.74. The number of nitrogens with zero attached hydrogens (tertiary/aromatic N) is 4. The average Bonchev–Trinajstić information content (AvgIpc) is 3.13. The molecule has 0 N–H and O–H groups in total. The Morgan fingerprint density at radius 2 is 1.60 bits per heavy atom. The van der Waals surface area contributed by atoms with Crippen LogP contribution < -0.4 is 5.69 Å². The summed E-state index contributed by atoms with van der Waals surface area (Å²) in [6.07, 6.45) is -7.80. The van der Waals surface area contributed by atoms with Crippen molar-refractivity contribution in [3.63, 3.8) is 0 Å². The maximum Gasteiger partial charge on any atom is 0.417 e. The summed E-state index contributed by atoms with van der Waals surface area (Å²) in [6.45, 7) is 1.30. The van der Waals surface area contributed by atoms with Gasteiger partial charge < -0.3 is 0 Å². The first-order valence-corrected chi connectivity index (χ1v) is 11.5. The molecule has 0 radical (unpaired) electrons. The lowest BCUT2D eigenvalue weighted by Gasteiger charge is -2.12. The highest BCUT2D eigenvalue weighted by Gasteiger charge is 2.32. The van der Waals surface area contributed by atoms with Gasteiger partial charge in [-0.05, 0) is 35.9 Å². The van der Waals surface area contributed by atoms with Crippen molar-refractivity contribution in [1.82, 2.24) is 19.2 Å². The van der Waals surface area contributed by atoms with E-state index in [1.807, 2.05) is 0 Å². The Hall–Kier alpha value is -3.68. The van der Waals surface area contributed by atoms with Gasteiger partial charge in [0.25, 0.3) is 0 Å². The van der Waals surface area contributed by atoms with E-state index in [1.54, 1.807) is 0 Å². The van der Waals surface area contributed by atoms with E-state index in [0.717, 1.165) is 36.5 Å². The van der Waals surface area contributed by atoms with E-state index in [-0.39, 0.29) is 16.8 Å². The van der Waals surface area contributed by atoms with Gasteiger partial charge in [-0.1, -0.05) is 19.1 Å². The molecule has 1 aromatic carbocycles. The van der Waals surface area contributed by atoms with Crippen molar-refractivity contribution < 1.29 is 34.8 Å². The van der Waals surface area contributed by atoms with Crippen LogP contribution in [0.3, 0.4) is 0 Å². The predicted octanol–water partition coefficient (Wildman–Crippen LogP) is 4.38. The average molecular weight is 516 g/mol. The molecule has 3 heterocycles. The molecule has 0 bridgehead atoms. The normalized spacial score (nSPS) is 12.9. The summed E-state index contributed by atoms with van der Waals surface area (Å²) in [6, 6.07) is 6.82. The SMILES string of the molecule is CCS(=O)(=O)c1cc(-c2cccc(C(F)(F)F)c2)cnc1-n1nc2ccc(C(F)(F)F)cn2c1=O. The van der Waals surface area contributed by atoms with Crippen LogP contribution in [0.2, 0.25) is 0 Å². The highest BCUT2D eigenvalue weighted by atomic mass is 32.2. The van der Waals surface area contributed by atoms with E-state index >= 15 is 0 Å². The highest BCUT2D eigenvalue weighted by molar-refractivity contribution is 7.91. The second kappa shape index (κ2) is 8.22. The van der Waals surface area contributed by atoms with Gasteiger partial charge in [-0.25, -0.2) is 22.6 Å². The van der Waals surface area contributed by atoms with Crippen LogP contribution in [0.25, 0.3) is 22.6 Å². The first-order chi connectivity index (χ1) is 16.2. The van der Waals surface area contributed by atoms with Crippen molar-refractivity contribution in [2.24, 2.45) is 0 Å². The number of halogens is 6. The van der Waals surface area contributed by atoms with Crippen LogP contribution in [0, 0.1) is 0 Å². The molecule has 0 fully saturated rings. The molecule has 184 valence electrons. The molecule has 0 spiro atoms. The fraction of sp³-hybridized carbons (Fsp3) is 0.190. The summed E-state index contributed by atoms with van der Waals surface area (Å²) in [5.74, 6) is -0.946. The Balaban J connectivity index is 1.94. The number of aromatic nitrogens is 4. The molecule has 0 aliphatic rings. The summed E-state index contributed by atoms with van der Waals surface area (Å²) < 4.78 is 105. The molecule has 0 aliphatic heterocycles. The third-order valence-electron chi connectivity index (χ3n) is 5.12. The minimum Gasteiger partial charge on any atom is -0.249 e. The van der Waals surface area contributed by atoms with E-state index in [9.17, 15) is 39.6 Å². The van der Waals surface area contributed by atoms with Crippen LogP contribution in [-0.2, 0) is 22.2 Å². The maximum atomic E-state index is 13.1. The molecular weight excluding hydrogens is 502 g/mol. The topological polar surface area (TPSA) is 86.3 Å². The van der Waals surface area contributed by atoms with Gasteiger partial charge in [0, 0.05) is 18.0 Å². The van der Waals surface area contributed by atoms with E-state index in [4.69, 9.17) is 0 Å². The molecule has 4 rings (SSSR count). The van der Waals surface area contributed by atoms with Gasteiger partial charge in [0.15, 0.2) is 21.3 Å². The van der Waals surface area contributed by atoms with Crippen molar-refractivity contribution >= 4 is 15.5 Å². The molecule has 0 amide bonds. The fourth-order valence-corrected chi connectivity index (χ4v) is 4.33. The number of sulfone groups is 1. The van der Waals surface area contributed by atoms with E-state index in [1.165, 1.54) is 13.0 Å². The highest BCUT2D eigenvalue weighted by Crippen LogP contribution is 2.33. The van der Waals surface area contributed by atoms with Gasteiger partial charge in [-0.15, -0.1) is 5.10 Å². The summed E-state index contributed by atoms with van der Waals surface area (Å²) in [7, 11) is -4.11. The molecule has 0 saturated heterocycles. The summed E-state index contributed by atoms with van der Waals surface area (Å²) in [4.78, 5) is 16.3. The Labute approximate surface area is 193 Å². The van der Waals surface area contributed by atoms with Gasteiger partial charge in [-0.2, -0.15) is 31.0 Å². The number of hydrogen-bond donors (Lipinski definition) is 0. The number of benzene rings is 1. The largest absolute Gasteiger partial charge is 0.417 e. The quantitative estimate of drug-likeness (QED) is 0.376. The zero-order valence-corrected chi connectivity index (χ0v) is 18.4. The van der Waals surface area contributed by atoms with Gasteiger partial charge in [-0.3, -0.25) is 0 Å². The van der Waals surface area contributed by atoms with Gasteiger partial charge >= 0.3 is 18.0 Å². The van der Waals surface area contributed by atoms with Gasteiger partial charge in [0.1, 0.15) is 4.90 Å². The van der Waals surface area contributed by atoms with Crippen molar-refractivity contribution in [2.45, 2.75) is 24.2 Å². The molecule has 4 aromatic rings. The molecular formula is C21H14F6N4O3S. The minimum atomic E-state index is -4.74. The molecule has 14 heteroatoms. The van der Waals surface area contributed by atoms with Crippen LogP contribution in [0.1, 0.15) is 18.1 Å². The third kappa shape index (κ3) is 4.52. The van der Waals surface area contributed by atoms with Gasteiger partial charge in [0.05, 0.1) is 16.9 Å². The lowest BCUT2D eigenvalue weighted by Crippen LogP contribution is -2.23. The second-order valence-electron chi connectivity index (χ2n) is 7.37. The van der Waals surface area contributed by atoms with E-state index < -0.39 is 55.5 Å².